The summed E-state index contributed by atoms with van der Waals surface area (Å²) in [4.78, 5) is 33.9. The fourth-order valence-electron chi connectivity index (χ4n) is 1.79. The van der Waals surface area contributed by atoms with E-state index in [2.05, 4.69) is 20.8 Å². The van der Waals surface area contributed by atoms with Gasteiger partial charge in [-0.1, -0.05) is 23.1 Å². The first kappa shape index (κ1) is 22.7. The molecular formula is C14H16N6O6S3. The van der Waals surface area contributed by atoms with E-state index in [1.54, 1.807) is 0 Å². The molecule has 2 N–H and O–H groups in total. The second-order valence-corrected chi connectivity index (χ2v) is 9.87. The van der Waals surface area contributed by atoms with Gasteiger partial charge in [-0.05, 0) is 12.1 Å². The number of nitro benzene ring substituents is 1. The maximum absolute atomic E-state index is 12.0. The van der Waals surface area contributed by atoms with E-state index in [-0.39, 0.29) is 29.0 Å². The third kappa shape index (κ3) is 7.37. The van der Waals surface area contributed by atoms with Crippen molar-refractivity contribution in [1.29, 1.82) is 0 Å². The van der Waals surface area contributed by atoms with E-state index >= 15 is 0 Å². The normalized spacial score (nSPS) is 11.3. The maximum Gasteiger partial charge on any atom is 0.269 e. The summed E-state index contributed by atoms with van der Waals surface area (Å²) in [6.07, 6.45) is 0.988. The van der Waals surface area contributed by atoms with Gasteiger partial charge in [-0.2, -0.15) is 4.31 Å². The van der Waals surface area contributed by atoms with E-state index in [4.69, 9.17) is 0 Å². The molecule has 0 saturated carbocycles. The fourth-order valence-corrected chi connectivity index (χ4v) is 3.71. The molecule has 0 aliphatic heterocycles. The minimum Gasteiger partial charge on any atom is -0.325 e. The molecular weight excluding hydrogens is 444 g/mol. The van der Waals surface area contributed by atoms with Gasteiger partial charge < -0.3 is 5.32 Å². The topological polar surface area (TPSA) is 164 Å². The van der Waals surface area contributed by atoms with E-state index in [1.807, 2.05) is 0 Å². The lowest BCUT2D eigenvalue weighted by Gasteiger charge is -2.12. The highest BCUT2D eigenvalue weighted by atomic mass is 32.2. The number of benzene rings is 1. The number of thioether (sulfide) groups is 1. The molecule has 2 aromatic rings. The van der Waals surface area contributed by atoms with Crippen LogP contribution in [0.1, 0.15) is 0 Å². The Balaban J connectivity index is 1.81. The number of nitrogens with one attached hydrogen (secondary N) is 2. The number of sulfonamides is 1. The number of carbonyl (C=O) groups is 2. The first-order chi connectivity index (χ1) is 13.5. The molecule has 12 nitrogen and oxygen atoms in total. The molecule has 0 saturated heterocycles. The molecule has 0 bridgehead atoms. The van der Waals surface area contributed by atoms with Crippen molar-refractivity contribution in [3.05, 3.63) is 34.4 Å². The standard InChI is InChI=1S/C14H16N6O6S3/c1-19(29(2,25)26)7-11(21)16-13-17-18-14(28-13)27-8-12(22)15-9-3-5-10(6-4-9)20(23)24/h3-6H,7-8H2,1-2H3,(H,15,22)(H,16,17,21). The predicted octanol–water partition coefficient (Wildman–Crippen LogP) is 1.01. The summed E-state index contributed by atoms with van der Waals surface area (Å²) < 4.78 is 23.9. The Kier molecular flexibility index (Phi) is 7.60. The zero-order valence-corrected chi connectivity index (χ0v) is 17.6. The van der Waals surface area contributed by atoms with Gasteiger partial charge >= 0.3 is 0 Å². The summed E-state index contributed by atoms with van der Waals surface area (Å²) in [5.41, 5.74) is 0.338. The number of likely N-dealkylation sites (N-methyl/N-ethyl adjacent to an activating group) is 1. The minimum atomic E-state index is -3.48. The summed E-state index contributed by atoms with van der Waals surface area (Å²) in [6.45, 7) is -0.363. The van der Waals surface area contributed by atoms with Crippen LogP contribution >= 0.6 is 23.1 Å². The average Bonchev–Trinajstić information content (AvgIpc) is 3.06. The number of hydrogen-bond acceptors (Lipinski definition) is 10. The Morgan fingerprint density at radius 2 is 1.86 bits per heavy atom. The quantitative estimate of drug-likeness (QED) is 0.240. The smallest absolute Gasteiger partial charge is 0.269 e. The molecule has 0 spiro atoms. The van der Waals surface area contributed by atoms with Crippen molar-refractivity contribution in [2.24, 2.45) is 0 Å². The molecule has 0 atom stereocenters. The Morgan fingerprint density at radius 3 is 2.45 bits per heavy atom. The van der Waals surface area contributed by atoms with Crippen molar-refractivity contribution in [2.75, 3.05) is 36.2 Å². The predicted molar refractivity (Wildman–Crippen MR) is 108 cm³/mol. The number of amides is 2. The van der Waals surface area contributed by atoms with E-state index in [1.165, 1.54) is 31.3 Å². The molecule has 0 radical (unpaired) electrons. The largest absolute Gasteiger partial charge is 0.325 e. The minimum absolute atomic E-state index is 0.0103. The van der Waals surface area contributed by atoms with Crippen LogP contribution in [-0.4, -0.2) is 65.3 Å². The molecule has 15 heteroatoms. The highest BCUT2D eigenvalue weighted by Gasteiger charge is 2.17. The van der Waals surface area contributed by atoms with Crippen molar-refractivity contribution in [1.82, 2.24) is 14.5 Å². The number of carbonyl (C=O) groups excluding carboxylic acids is 2. The maximum atomic E-state index is 12.0. The average molecular weight is 461 g/mol. The SMILES string of the molecule is CN(CC(=O)Nc1nnc(SCC(=O)Nc2ccc([N+](=O)[O-])cc2)s1)S(C)(=O)=O. The molecule has 156 valence electrons. The van der Waals surface area contributed by atoms with Crippen molar-refractivity contribution < 1.29 is 22.9 Å². The van der Waals surface area contributed by atoms with E-state index in [9.17, 15) is 28.1 Å². The fraction of sp³-hybridized carbons (Fsp3) is 0.286. The number of non-ortho nitro benzene ring substituents is 1. The number of nitro groups is 1. The van der Waals surface area contributed by atoms with Crippen LogP contribution in [0.4, 0.5) is 16.5 Å². The number of anilines is 2. The first-order valence-corrected chi connectivity index (χ1v) is 11.4. The number of rotatable bonds is 9. The lowest BCUT2D eigenvalue weighted by atomic mass is 10.3. The Hall–Kier alpha value is -2.62. The highest BCUT2D eigenvalue weighted by Crippen LogP contribution is 2.25. The highest BCUT2D eigenvalue weighted by molar-refractivity contribution is 8.01. The second kappa shape index (κ2) is 9.73. The third-order valence-corrected chi connectivity index (χ3v) is 6.51. The van der Waals surface area contributed by atoms with Gasteiger partial charge in [0.1, 0.15) is 0 Å². The molecule has 0 aliphatic rings. The summed E-state index contributed by atoms with van der Waals surface area (Å²) in [6, 6.07) is 5.41. The van der Waals surface area contributed by atoms with E-state index < -0.39 is 20.9 Å². The Labute approximate surface area is 173 Å². The summed E-state index contributed by atoms with van der Waals surface area (Å²) in [5, 5.41) is 23.4. The van der Waals surface area contributed by atoms with Gasteiger partial charge in [-0.3, -0.25) is 25.0 Å². The van der Waals surface area contributed by atoms with Crippen molar-refractivity contribution in [3.63, 3.8) is 0 Å². The lowest BCUT2D eigenvalue weighted by Crippen LogP contribution is -2.34. The molecule has 29 heavy (non-hydrogen) atoms. The van der Waals surface area contributed by atoms with Crippen molar-refractivity contribution in [2.45, 2.75) is 4.34 Å². The van der Waals surface area contributed by atoms with Gasteiger partial charge in [-0.25, -0.2) is 8.42 Å². The van der Waals surface area contributed by atoms with Gasteiger partial charge in [0.25, 0.3) is 5.69 Å². The van der Waals surface area contributed by atoms with Gasteiger partial charge in [0.2, 0.25) is 27.0 Å². The van der Waals surface area contributed by atoms with Crippen LogP contribution in [0.2, 0.25) is 0 Å². The summed E-state index contributed by atoms with van der Waals surface area (Å²) >= 11 is 2.12. The van der Waals surface area contributed by atoms with Crippen LogP contribution in [0, 0.1) is 10.1 Å². The molecule has 2 amide bonds. The van der Waals surface area contributed by atoms with Crippen LogP contribution in [0.5, 0.6) is 0 Å². The molecule has 2 rings (SSSR count). The van der Waals surface area contributed by atoms with Gasteiger partial charge in [0.15, 0.2) is 4.34 Å². The van der Waals surface area contributed by atoms with E-state index in [0.717, 1.165) is 33.7 Å². The number of hydrogen-bond donors (Lipinski definition) is 2. The zero-order valence-electron chi connectivity index (χ0n) is 15.2. The van der Waals surface area contributed by atoms with Crippen molar-refractivity contribution >= 4 is 61.4 Å². The lowest BCUT2D eigenvalue weighted by molar-refractivity contribution is -0.384. The molecule has 1 heterocycles. The summed E-state index contributed by atoms with van der Waals surface area (Å²) in [7, 11) is -2.20. The van der Waals surface area contributed by atoms with Crippen LogP contribution in [0.15, 0.2) is 28.6 Å². The van der Waals surface area contributed by atoms with Crippen molar-refractivity contribution in [3.8, 4) is 0 Å². The number of nitrogens with zero attached hydrogens (tertiary/aromatic N) is 4. The second-order valence-electron chi connectivity index (χ2n) is 5.58. The monoisotopic (exact) mass is 460 g/mol. The van der Waals surface area contributed by atoms with E-state index in [0.29, 0.717) is 10.0 Å². The molecule has 1 aromatic carbocycles. The molecule has 0 fully saturated rings. The Morgan fingerprint density at radius 1 is 1.21 bits per heavy atom. The van der Waals surface area contributed by atoms with Crippen LogP contribution in [-0.2, 0) is 19.6 Å². The third-order valence-electron chi connectivity index (χ3n) is 3.27. The first-order valence-electron chi connectivity index (χ1n) is 7.76. The zero-order chi connectivity index (χ0) is 21.6. The van der Waals surface area contributed by atoms with Gasteiger partial charge in [-0.15, -0.1) is 10.2 Å². The Bertz CT molecular complexity index is 1010. The summed E-state index contributed by atoms with van der Waals surface area (Å²) in [5.74, 6) is -0.905. The van der Waals surface area contributed by atoms with Crippen LogP contribution in [0.25, 0.3) is 0 Å². The molecule has 1 aromatic heterocycles. The van der Waals surface area contributed by atoms with Gasteiger partial charge in [0, 0.05) is 24.9 Å². The number of aromatic nitrogens is 2. The molecule has 0 aliphatic carbocycles. The van der Waals surface area contributed by atoms with Crippen LogP contribution in [0.3, 0.4) is 0 Å². The molecule has 0 unspecified atom stereocenters. The van der Waals surface area contributed by atoms with Crippen LogP contribution < -0.4 is 10.6 Å². The van der Waals surface area contributed by atoms with Gasteiger partial charge in [0.05, 0.1) is 23.5 Å².